The molecule has 1 heterocycles. The molecule has 0 unspecified atom stereocenters. The van der Waals surface area contributed by atoms with Gasteiger partial charge >= 0.3 is 0 Å². The fourth-order valence-electron chi connectivity index (χ4n) is 2.99. The topological polar surface area (TPSA) is 34.0 Å². The van der Waals surface area contributed by atoms with Crippen molar-refractivity contribution in [3.8, 4) is 0 Å². The van der Waals surface area contributed by atoms with E-state index in [2.05, 4.69) is 52.5 Å². The average Bonchev–Trinajstić information content (AvgIpc) is 2.94. The van der Waals surface area contributed by atoms with E-state index in [0.29, 0.717) is 6.54 Å². The number of hydrogen-bond acceptors (Lipinski definition) is 1. The third kappa shape index (κ3) is 3.62. The van der Waals surface area contributed by atoms with Crippen LogP contribution in [0.3, 0.4) is 0 Å². The van der Waals surface area contributed by atoms with Crippen molar-refractivity contribution in [2.75, 3.05) is 6.54 Å². The van der Waals surface area contributed by atoms with Crippen molar-refractivity contribution >= 4 is 16.8 Å². The lowest BCUT2D eigenvalue weighted by Crippen LogP contribution is -2.25. The predicted octanol–water partition coefficient (Wildman–Crippen LogP) is 4.08. The van der Waals surface area contributed by atoms with E-state index in [1.165, 1.54) is 10.9 Å². The summed E-state index contributed by atoms with van der Waals surface area (Å²) in [5.41, 5.74) is 4.23. The van der Waals surface area contributed by atoms with Crippen LogP contribution in [0.1, 0.15) is 27.9 Å². The third-order valence-corrected chi connectivity index (χ3v) is 4.03. The normalized spacial score (nSPS) is 10.9. The van der Waals surface area contributed by atoms with Gasteiger partial charge in [0, 0.05) is 30.4 Å². The van der Waals surface area contributed by atoms with Gasteiger partial charge in [0.15, 0.2) is 0 Å². The maximum absolute atomic E-state index is 12.2. The Hall–Kier alpha value is -2.55. The van der Waals surface area contributed by atoms with Crippen LogP contribution in [-0.4, -0.2) is 17.0 Å². The molecular formula is C20H22N2O. The minimum absolute atomic E-state index is 0.00849. The molecule has 0 bridgehead atoms. The molecule has 0 saturated carbocycles. The van der Waals surface area contributed by atoms with E-state index < -0.39 is 0 Å². The van der Waals surface area contributed by atoms with Crippen molar-refractivity contribution in [1.29, 1.82) is 0 Å². The zero-order chi connectivity index (χ0) is 16.2. The molecule has 2 aromatic carbocycles. The highest BCUT2D eigenvalue weighted by Gasteiger charge is 2.06. The number of nitrogens with one attached hydrogen (secondary N) is 1. The summed E-state index contributed by atoms with van der Waals surface area (Å²) in [6, 6.07) is 16.4. The Morgan fingerprint density at radius 2 is 1.78 bits per heavy atom. The molecule has 118 valence electrons. The van der Waals surface area contributed by atoms with Gasteiger partial charge in [-0.1, -0.05) is 35.4 Å². The largest absolute Gasteiger partial charge is 0.352 e. The fourth-order valence-corrected chi connectivity index (χ4v) is 2.99. The van der Waals surface area contributed by atoms with Gasteiger partial charge in [-0.15, -0.1) is 0 Å². The molecule has 1 aromatic heterocycles. The first-order valence-electron chi connectivity index (χ1n) is 8.04. The summed E-state index contributed by atoms with van der Waals surface area (Å²) in [4.78, 5) is 12.2. The second kappa shape index (κ2) is 6.69. The molecule has 1 amide bonds. The van der Waals surface area contributed by atoms with Crippen LogP contribution in [0.4, 0.5) is 0 Å². The molecule has 0 aliphatic carbocycles. The second-order valence-electron chi connectivity index (χ2n) is 6.05. The Bertz CT molecular complexity index is 812. The number of amides is 1. The zero-order valence-corrected chi connectivity index (χ0v) is 13.7. The van der Waals surface area contributed by atoms with E-state index in [4.69, 9.17) is 0 Å². The first-order valence-corrected chi connectivity index (χ1v) is 8.04. The monoisotopic (exact) mass is 306 g/mol. The number of hydrogen-bond donors (Lipinski definition) is 1. The van der Waals surface area contributed by atoms with Crippen LogP contribution in [-0.2, 0) is 6.54 Å². The zero-order valence-electron chi connectivity index (χ0n) is 13.7. The fraction of sp³-hybridized carbons (Fsp3) is 0.250. The molecule has 0 spiro atoms. The van der Waals surface area contributed by atoms with Gasteiger partial charge in [-0.3, -0.25) is 4.79 Å². The molecular weight excluding hydrogens is 284 g/mol. The number of fused-ring (bicyclic) bond motifs is 1. The number of aryl methyl sites for hydroxylation is 3. The maximum atomic E-state index is 12.2. The standard InChI is InChI=1S/C20H22N2O/c1-15-12-16(2)14-18(13-15)20(23)21-9-5-10-22-11-8-17-6-3-4-7-19(17)22/h3-4,6-8,11-14H,5,9-10H2,1-2H3,(H,21,23). The third-order valence-electron chi connectivity index (χ3n) is 4.03. The van der Waals surface area contributed by atoms with E-state index in [1.807, 2.05) is 26.0 Å². The lowest BCUT2D eigenvalue weighted by atomic mass is 10.1. The quantitative estimate of drug-likeness (QED) is 0.708. The number of para-hydroxylation sites is 1. The Labute approximate surface area is 136 Å². The number of carbonyl (C=O) groups is 1. The number of carbonyl (C=O) groups excluding carboxylic acids is 1. The van der Waals surface area contributed by atoms with E-state index in [0.717, 1.165) is 29.7 Å². The van der Waals surface area contributed by atoms with Crippen LogP contribution in [0, 0.1) is 13.8 Å². The van der Waals surface area contributed by atoms with Crippen LogP contribution in [0.15, 0.2) is 54.7 Å². The lowest BCUT2D eigenvalue weighted by Gasteiger charge is -2.08. The molecule has 1 N–H and O–H groups in total. The average molecular weight is 306 g/mol. The van der Waals surface area contributed by atoms with Crippen LogP contribution >= 0.6 is 0 Å². The first-order chi connectivity index (χ1) is 11.1. The van der Waals surface area contributed by atoms with Crippen molar-refractivity contribution in [2.24, 2.45) is 0 Å². The number of aromatic nitrogens is 1. The highest BCUT2D eigenvalue weighted by Crippen LogP contribution is 2.15. The highest BCUT2D eigenvalue weighted by atomic mass is 16.1. The van der Waals surface area contributed by atoms with E-state index >= 15 is 0 Å². The van der Waals surface area contributed by atoms with Crippen molar-refractivity contribution < 1.29 is 4.79 Å². The summed E-state index contributed by atoms with van der Waals surface area (Å²) in [5, 5.41) is 4.27. The molecule has 23 heavy (non-hydrogen) atoms. The molecule has 3 aromatic rings. The van der Waals surface area contributed by atoms with E-state index in [1.54, 1.807) is 0 Å². The number of rotatable bonds is 5. The van der Waals surface area contributed by atoms with Gasteiger partial charge in [0.25, 0.3) is 5.91 Å². The molecule has 0 aliphatic heterocycles. The van der Waals surface area contributed by atoms with Crippen LogP contribution in [0.25, 0.3) is 10.9 Å². The first kappa shape index (κ1) is 15.3. The van der Waals surface area contributed by atoms with Gasteiger partial charge in [0.05, 0.1) is 0 Å². The molecule has 3 heteroatoms. The summed E-state index contributed by atoms with van der Waals surface area (Å²) < 4.78 is 2.23. The van der Waals surface area contributed by atoms with Gasteiger partial charge in [0.2, 0.25) is 0 Å². The summed E-state index contributed by atoms with van der Waals surface area (Å²) in [6.07, 6.45) is 3.02. The number of benzene rings is 2. The predicted molar refractivity (Wildman–Crippen MR) is 94.8 cm³/mol. The van der Waals surface area contributed by atoms with Gasteiger partial charge < -0.3 is 9.88 Å². The molecule has 0 aliphatic rings. The van der Waals surface area contributed by atoms with E-state index in [-0.39, 0.29) is 5.91 Å². The smallest absolute Gasteiger partial charge is 0.251 e. The minimum Gasteiger partial charge on any atom is -0.352 e. The maximum Gasteiger partial charge on any atom is 0.251 e. The van der Waals surface area contributed by atoms with Crippen LogP contribution < -0.4 is 5.32 Å². The summed E-state index contributed by atoms with van der Waals surface area (Å²) in [7, 11) is 0. The second-order valence-corrected chi connectivity index (χ2v) is 6.05. The van der Waals surface area contributed by atoms with Gasteiger partial charge in [-0.2, -0.15) is 0 Å². The lowest BCUT2D eigenvalue weighted by molar-refractivity contribution is 0.0952. The molecule has 3 rings (SSSR count). The van der Waals surface area contributed by atoms with Gasteiger partial charge in [-0.05, 0) is 49.9 Å². The van der Waals surface area contributed by atoms with Crippen molar-refractivity contribution in [1.82, 2.24) is 9.88 Å². The SMILES string of the molecule is Cc1cc(C)cc(C(=O)NCCCn2ccc3ccccc32)c1. The Balaban J connectivity index is 1.54. The van der Waals surface area contributed by atoms with Crippen LogP contribution in [0.5, 0.6) is 0 Å². The van der Waals surface area contributed by atoms with Crippen molar-refractivity contribution in [3.05, 3.63) is 71.4 Å². The highest BCUT2D eigenvalue weighted by molar-refractivity contribution is 5.94. The van der Waals surface area contributed by atoms with Crippen LogP contribution in [0.2, 0.25) is 0 Å². The summed E-state index contributed by atoms with van der Waals surface area (Å²) >= 11 is 0. The summed E-state index contributed by atoms with van der Waals surface area (Å²) in [6.45, 7) is 5.61. The van der Waals surface area contributed by atoms with Gasteiger partial charge in [0.1, 0.15) is 0 Å². The van der Waals surface area contributed by atoms with Crippen molar-refractivity contribution in [3.63, 3.8) is 0 Å². The molecule has 3 nitrogen and oxygen atoms in total. The Morgan fingerprint density at radius 3 is 2.57 bits per heavy atom. The molecule has 0 saturated heterocycles. The molecule has 0 atom stereocenters. The Morgan fingerprint density at radius 1 is 1.04 bits per heavy atom. The van der Waals surface area contributed by atoms with Crippen molar-refractivity contribution in [2.45, 2.75) is 26.8 Å². The molecule has 0 fully saturated rings. The van der Waals surface area contributed by atoms with Gasteiger partial charge in [-0.25, -0.2) is 0 Å². The summed E-state index contributed by atoms with van der Waals surface area (Å²) in [5.74, 6) is 0.00849. The number of nitrogens with zero attached hydrogens (tertiary/aromatic N) is 1. The molecule has 0 radical (unpaired) electrons. The Kier molecular flexibility index (Phi) is 4.47. The minimum atomic E-state index is 0.00849. The van der Waals surface area contributed by atoms with E-state index in [9.17, 15) is 4.79 Å².